The van der Waals surface area contributed by atoms with E-state index < -0.39 is 18.2 Å². The lowest BCUT2D eigenvalue weighted by molar-refractivity contribution is -0.138. The molecule has 1 N–H and O–H groups in total. The van der Waals surface area contributed by atoms with Crippen molar-refractivity contribution in [2.45, 2.75) is 19.1 Å². The minimum Gasteiger partial charge on any atom is -0.479 e. The Morgan fingerprint density at radius 2 is 2.60 bits per heavy atom. The molecule has 0 unspecified atom stereocenters. The van der Waals surface area contributed by atoms with Crippen LogP contribution in [-0.2, 0) is 14.3 Å². The average molecular weight is 144 g/mol. The van der Waals surface area contributed by atoms with Crippen molar-refractivity contribution in [3.05, 3.63) is 6.61 Å². The van der Waals surface area contributed by atoms with Crippen LogP contribution in [0.15, 0.2) is 0 Å². The Hall–Kier alpha value is -0.610. The molecule has 2 atom stereocenters. The first kappa shape index (κ1) is 7.50. The van der Waals surface area contributed by atoms with Gasteiger partial charge in [0.2, 0.25) is 0 Å². The summed E-state index contributed by atoms with van der Waals surface area (Å²) in [6, 6.07) is 0. The smallest absolute Gasteiger partial charge is 0.335 e. The van der Waals surface area contributed by atoms with Crippen LogP contribution in [0.4, 0.5) is 0 Å². The molecule has 0 aromatic heterocycles. The SMILES string of the molecule is CCO[C][C@H]1O[C@H]1C(=O)O. The molecule has 1 rings (SSSR count). The number of ether oxygens (including phenoxy) is 2. The van der Waals surface area contributed by atoms with Gasteiger partial charge in [0.25, 0.3) is 0 Å². The van der Waals surface area contributed by atoms with E-state index in [9.17, 15) is 4.79 Å². The molecule has 1 heterocycles. The lowest BCUT2D eigenvalue weighted by Crippen LogP contribution is -2.08. The van der Waals surface area contributed by atoms with E-state index in [-0.39, 0.29) is 0 Å². The van der Waals surface area contributed by atoms with Crippen molar-refractivity contribution < 1.29 is 19.4 Å². The molecule has 0 aromatic carbocycles. The summed E-state index contributed by atoms with van der Waals surface area (Å²) in [4.78, 5) is 10.1. The van der Waals surface area contributed by atoms with E-state index in [1.165, 1.54) is 0 Å². The molecule has 1 aliphatic rings. The molecule has 1 fully saturated rings. The third-order valence-corrected chi connectivity index (χ3v) is 1.08. The van der Waals surface area contributed by atoms with Gasteiger partial charge < -0.3 is 14.6 Å². The summed E-state index contributed by atoms with van der Waals surface area (Å²) in [6.07, 6.45) is -1.19. The number of rotatable bonds is 4. The first-order chi connectivity index (χ1) is 4.75. The third kappa shape index (κ3) is 1.68. The van der Waals surface area contributed by atoms with Crippen LogP contribution < -0.4 is 0 Å². The van der Waals surface area contributed by atoms with Gasteiger partial charge in [-0.3, -0.25) is 0 Å². The summed E-state index contributed by atoms with van der Waals surface area (Å²) < 4.78 is 9.34. The number of hydrogen-bond acceptors (Lipinski definition) is 3. The second-order valence-corrected chi connectivity index (χ2v) is 1.87. The summed E-state index contributed by atoms with van der Waals surface area (Å²) in [5.41, 5.74) is 0. The molecule has 0 amide bonds. The zero-order valence-corrected chi connectivity index (χ0v) is 5.53. The third-order valence-electron chi connectivity index (χ3n) is 1.08. The van der Waals surface area contributed by atoms with Crippen molar-refractivity contribution in [2.24, 2.45) is 0 Å². The Morgan fingerprint density at radius 3 is 3.00 bits per heavy atom. The number of carbonyl (C=O) groups is 1. The Bertz CT molecular complexity index is 134. The fourth-order valence-corrected chi connectivity index (χ4v) is 0.555. The van der Waals surface area contributed by atoms with Gasteiger partial charge in [0, 0.05) is 6.61 Å². The van der Waals surface area contributed by atoms with E-state index in [0.29, 0.717) is 6.61 Å². The van der Waals surface area contributed by atoms with Gasteiger partial charge in [-0.2, -0.15) is 0 Å². The van der Waals surface area contributed by atoms with Crippen LogP contribution in [0.3, 0.4) is 0 Å². The van der Waals surface area contributed by atoms with E-state index in [1.807, 2.05) is 0 Å². The molecular weight excluding hydrogens is 136 g/mol. The molecule has 56 valence electrons. The number of epoxide rings is 1. The highest BCUT2D eigenvalue weighted by Crippen LogP contribution is 2.24. The maximum atomic E-state index is 10.1. The van der Waals surface area contributed by atoms with Crippen molar-refractivity contribution in [2.75, 3.05) is 6.61 Å². The molecular formula is C6H8O4. The first-order valence-corrected chi connectivity index (χ1v) is 3.01. The molecule has 0 bridgehead atoms. The Kier molecular flexibility index (Phi) is 2.24. The molecule has 0 saturated carbocycles. The van der Waals surface area contributed by atoms with Gasteiger partial charge in [-0.05, 0) is 6.92 Å². The van der Waals surface area contributed by atoms with Crippen molar-refractivity contribution in [1.82, 2.24) is 0 Å². The van der Waals surface area contributed by atoms with Gasteiger partial charge in [0.15, 0.2) is 12.7 Å². The Balaban J connectivity index is 2.08. The van der Waals surface area contributed by atoms with Crippen LogP contribution in [-0.4, -0.2) is 29.9 Å². The summed E-state index contributed by atoms with van der Waals surface area (Å²) in [7, 11) is 0. The maximum absolute atomic E-state index is 10.1. The van der Waals surface area contributed by atoms with Crippen molar-refractivity contribution in [1.29, 1.82) is 0 Å². The van der Waals surface area contributed by atoms with E-state index in [2.05, 4.69) is 11.3 Å². The van der Waals surface area contributed by atoms with Crippen LogP contribution in [0, 0.1) is 6.61 Å². The predicted molar refractivity (Wildman–Crippen MR) is 31.2 cm³/mol. The van der Waals surface area contributed by atoms with Crippen LogP contribution in [0.1, 0.15) is 6.92 Å². The highest BCUT2D eigenvalue weighted by atomic mass is 16.6. The van der Waals surface area contributed by atoms with Gasteiger partial charge in [-0.25, -0.2) is 4.79 Å². The lowest BCUT2D eigenvalue weighted by atomic mass is 10.3. The van der Waals surface area contributed by atoms with Crippen molar-refractivity contribution in [3.63, 3.8) is 0 Å². The second-order valence-electron chi connectivity index (χ2n) is 1.87. The maximum Gasteiger partial charge on any atom is 0.335 e. The average Bonchev–Trinajstić information content (AvgIpc) is 2.62. The molecule has 10 heavy (non-hydrogen) atoms. The molecule has 0 aromatic rings. The first-order valence-electron chi connectivity index (χ1n) is 3.01. The standard InChI is InChI=1S/C6H8O4/c1-2-9-3-4-5(10-4)6(7)8/h4-5H,2H2,1H3,(H,7,8)/t4-,5-/m1/s1. The van der Waals surface area contributed by atoms with Gasteiger partial charge in [-0.15, -0.1) is 0 Å². The van der Waals surface area contributed by atoms with Crippen molar-refractivity contribution >= 4 is 5.97 Å². The van der Waals surface area contributed by atoms with Gasteiger partial charge in [-0.1, -0.05) is 0 Å². The van der Waals surface area contributed by atoms with Crippen LogP contribution in [0.2, 0.25) is 0 Å². The Morgan fingerprint density at radius 1 is 1.90 bits per heavy atom. The fourth-order valence-electron chi connectivity index (χ4n) is 0.555. The number of carboxylic acids is 1. The van der Waals surface area contributed by atoms with E-state index in [4.69, 9.17) is 9.84 Å². The number of hydrogen-bond donors (Lipinski definition) is 1. The summed E-state index contributed by atoms with van der Waals surface area (Å²) in [5.74, 6) is -0.961. The predicted octanol–water partition coefficient (Wildman–Crippen LogP) is -0.0863. The van der Waals surface area contributed by atoms with Crippen molar-refractivity contribution in [3.8, 4) is 0 Å². The molecule has 2 radical (unpaired) electrons. The van der Waals surface area contributed by atoms with E-state index in [1.54, 1.807) is 6.92 Å². The topological polar surface area (TPSA) is 59.1 Å². The molecule has 1 aliphatic heterocycles. The zero-order chi connectivity index (χ0) is 7.56. The molecule has 0 spiro atoms. The Labute approximate surface area is 58.7 Å². The quantitative estimate of drug-likeness (QED) is 0.560. The second kappa shape index (κ2) is 2.98. The highest BCUT2D eigenvalue weighted by Gasteiger charge is 2.46. The van der Waals surface area contributed by atoms with Gasteiger partial charge in [0.05, 0.1) is 0 Å². The zero-order valence-electron chi connectivity index (χ0n) is 5.53. The summed E-state index contributed by atoms with van der Waals surface area (Å²) in [5, 5.41) is 8.30. The molecule has 1 saturated heterocycles. The molecule has 0 aliphatic carbocycles. The van der Waals surface area contributed by atoms with Crippen LogP contribution >= 0.6 is 0 Å². The largest absolute Gasteiger partial charge is 0.479 e. The van der Waals surface area contributed by atoms with Crippen LogP contribution in [0.25, 0.3) is 0 Å². The normalized spacial score (nSPS) is 30.1. The van der Waals surface area contributed by atoms with Gasteiger partial charge in [0.1, 0.15) is 6.10 Å². The van der Waals surface area contributed by atoms with E-state index >= 15 is 0 Å². The van der Waals surface area contributed by atoms with Gasteiger partial charge >= 0.3 is 5.97 Å². The lowest BCUT2D eigenvalue weighted by Gasteiger charge is -1.90. The minimum absolute atomic E-state index is 0.461. The van der Waals surface area contributed by atoms with Crippen LogP contribution in [0.5, 0.6) is 0 Å². The monoisotopic (exact) mass is 144 g/mol. The minimum atomic E-state index is -0.961. The summed E-state index contributed by atoms with van der Waals surface area (Å²) in [6.45, 7) is 4.72. The van der Waals surface area contributed by atoms with E-state index in [0.717, 1.165) is 0 Å². The highest BCUT2D eigenvalue weighted by molar-refractivity contribution is 5.76. The fraction of sp³-hybridized carbons (Fsp3) is 0.667. The molecule has 4 nitrogen and oxygen atoms in total. The number of aliphatic carboxylic acids is 1. The number of carboxylic acid groups (broad SMARTS) is 1. The summed E-state index contributed by atoms with van der Waals surface area (Å²) >= 11 is 0. The molecule has 4 heteroatoms.